The normalized spacial score (nSPS) is 18.1. The molecule has 6 nitrogen and oxygen atoms in total. The average Bonchev–Trinajstić information content (AvgIpc) is 3.56. The van der Waals surface area contributed by atoms with Gasteiger partial charge in [-0.05, 0) is 60.7 Å². The molecule has 3 aromatic heterocycles. The van der Waals surface area contributed by atoms with Crippen molar-refractivity contribution in [2.75, 3.05) is 4.90 Å². The zero-order valence-electron chi connectivity index (χ0n) is 17.4. The number of benzene rings is 2. The Morgan fingerprint density at radius 3 is 2.58 bits per heavy atom. The number of rotatable bonds is 4. The molecular weight excluding hydrogens is 450 g/mol. The molecule has 8 heteroatoms. The first-order chi connectivity index (χ1) is 16.2. The summed E-state index contributed by atoms with van der Waals surface area (Å²) in [5.74, 6) is 0.173. The number of anilines is 1. The molecule has 1 fully saturated rings. The molecule has 2 aromatic carbocycles. The Kier molecular flexibility index (Phi) is 4.82. The summed E-state index contributed by atoms with van der Waals surface area (Å²) >= 11 is 7.42. The van der Waals surface area contributed by atoms with Crippen molar-refractivity contribution in [3.63, 3.8) is 0 Å². The topological polar surface area (TPSA) is 66.2 Å². The van der Waals surface area contributed by atoms with Crippen LogP contribution in [0.1, 0.15) is 23.5 Å². The second-order valence-electron chi connectivity index (χ2n) is 7.75. The zero-order valence-corrected chi connectivity index (χ0v) is 19.0. The fourth-order valence-corrected chi connectivity index (χ4v) is 5.66. The van der Waals surface area contributed by atoms with Crippen molar-refractivity contribution in [1.82, 2.24) is 19.9 Å². The van der Waals surface area contributed by atoms with Crippen molar-refractivity contribution in [1.29, 1.82) is 0 Å². The molecule has 162 valence electrons. The number of para-hydroxylation sites is 3. The Labute approximate surface area is 199 Å². The van der Waals surface area contributed by atoms with Gasteiger partial charge in [-0.3, -0.25) is 9.55 Å². The molecule has 6 rings (SSSR count). The predicted octanol–water partition coefficient (Wildman–Crippen LogP) is 5.36. The van der Waals surface area contributed by atoms with Gasteiger partial charge in [-0.1, -0.05) is 41.7 Å². The summed E-state index contributed by atoms with van der Waals surface area (Å²) in [6.07, 6.45) is 3.80. The van der Waals surface area contributed by atoms with E-state index in [9.17, 15) is 5.11 Å². The molecule has 2 atom stereocenters. The number of nitrogens with zero attached hydrogens (tertiary/aromatic N) is 4. The smallest absolute Gasteiger partial charge is 0.194 e. The van der Waals surface area contributed by atoms with Gasteiger partial charge in [0, 0.05) is 12.4 Å². The molecule has 1 saturated heterocycles. The molecular formula is C25H19N5OS2. The van der Waals surface area contributed by atoms with Crippen LogP contribution in [0.25, 0.3) is 15.3 Å². The van der Waals surface area contributed by atoms with Gasteiger partial charge in [-0.25, -0.2) is 4.98 Å². The van der Waals surface area contributed by atoms with Crippen molar-refractivity contribution < 1.29 is 5.11 Å². The number of pyridine rings is 1. The number of hydrogen-bond donors (Lipinski definition) is 2. The minimum atomic E-state index is -0.247. The molecule has 0 aliphatic carbocycles. The van der Waals surface area contributed by atoms with E-state index >= 15 is 0 Å². The Balaban J connectivity index is 1.53. The van der Waals surface area contributed by atoms with Gasteiger partial charge in [-0.2, -0.15) is 0 Å². The number of phenolic OH excluding ortho intramolecular Hbond substituents is 1. The summed E-state index contributed by atoms with van der Waals surface area (Å²) in [5.41, 5.74) is 3.49. The lowest BCUT2D eigenvalue weighted by molar-refractivity contribution is 0.472. The molecule has 33 heavy (non-hydrogen) atoms. The second-order valence-corrected chi connectivity index (χ2v) is 9.15. The molecule has 2 N–H and O–H groups in total. The quantitative estimate of drug-likeness (QED) is 0.345. The monoisotopic (exact) mass is 469 g/mol. The number of hydrogen-bond acceptors (Lipinski definition) is 5. The lowest BCUT2D eigenvalue weighted by Crippen LogP contribution is -2.30. The molecule has 0 bridgehead atoms. The van der Waals surface area contributed by atoms with E-state index in [2.05, 4.69) is 27.0 Å². The van der Waals surface area contributed by atoms with E-state index in [1.165, 1.54) is 0 Å². The van der Waals surface area contributed by atoms with Gasteiger partial charge in [0.2, 0.25) is 0 Å². The molecule has 0 unspecified atom stereocenters. The maximum Gasteiger partial charge on any atom is 0.194 e. The lowest BCUT2D eigenvalue weighted by atomic mass is 10.0. The largest absolute Gasteiger partial charge is 0.506 e. The first kappa shape index (κ1) is 19.9. The first-order valence-electron chi connectivity index (χ1n) is 10.5. The maximum atomic E-state index is 10.7. The number of nitrogens with one attached hydrogen (secondary N) is 1. The fraction of sp³-hybridized carbons (Fsp3) is 0.0800. The van der Waals surface area contributed by atoms with Gasteiger partial charge in [-0.15, -0.1) is 0 Å². The van der Waals surface area contributed by atoms with Gasteiger partial charge in [0.1, 0.15) is 11.8 Å². The van der Waals surface area contributed by atoms with Crippen molar-refractivity contribution in [2.24, 2.45) is 0 Å². The van der Waals surface area contributed by atoms with Crippen molar-refractivity contribution in [3.8, 4) is 10.9 Å². The molecule has 1 aliphatic heterocycles. The summed E-state index contributed by atoms with van der Waals surface area (Å²) in [7, 11) is 0. The van der Waals surface area contributed by atoms with Crippen molar-refractivity contribution >= 4 is 44.6 Å². The highest BCUT2D eigenvalue weighted by Crippen LogP contribution is 2.44. The van der Waals surface area contributed by atoms with E-state index in [0.717, 1.165) is 26.7 Å². The van der Waals surface area contributed by atoms with Gasteiger partial charge >= 0.3 is 0 Å². The first-order valence-corrected chi connectivity index (χ1v) is 11.7. The van der Waals surface area contributed by atoms with Gasteiger partial charge < -0.3 is 15.3 Å². The molecule has 1 aliphatic rings. The van der Waals surface area contributed by atoms with Crippen LogP contribution in [0.15, 0.2) is 91.3 Å². The Morgan fingerprint density at radius 1 is 0.939 bits per heavy atom. The van der Waals surface area contributed by atoms with Crippen LogP contribution in [0.2, 0.25) is 0 Å². The van der Waals surface area contributed by atoms with E-state index in [4.69, 9.17) is 17.2 Å². The average molecular weight is 470 g/mol. The highest BCUT2D eigenvalue weighted by atomic mass is 32.1. The van der Waals surface area contributed by atoms with E-state index in [1.807, 2.05) is 65.7 Å². The predicted molar refractivity (Wildman–Crippen MR) is 135 cm³/mol. The van der Waals surface area contributed by atoms with Crippen molar-refractivity contribution in [3.05, 3.63) is 103 Å². The molecule has 0 saturated carbocycles. The van der Waals surface area contributed by atoms with E-state index in [-0.39, 0.29) is 17.8 Å². The van der Waals surface area contributed by atoms with Crippen molar-refractivity contribution in [2.45, 2.75) is 12.1 Å². The summed E-state index contributed by atoms with van der Waals surface area (Å²) in [6, 6.07) is 24.9. The highest BCUT2D eigenvalue weighted by Gasteiger charge is 2.43. The SMILES string of the molecule is Oc1ccccc1N1C(=S)N[C@@H](c2ccccn2)[C@H]1c1cccn1-c1nc2ccccc2s1. The standard InChI is InChI=1S/C25H19N5OS2/c31-20-12-3-2-10-18(20)30-23(22(28-24(30)32)17-9-5-6-14-26-17)19-11-7-15-29(19)25-27-16-8-1-4-13-21(16)33-25/h1-15,22-23,31H,(H,28,32)/t22-,23+/m0/s1. The van der Waals surface area contributed by atoms with Crippen LogP contribution in [0.4, 0.5) is 5.69 Å². The number of fused-ring (bicyclic) bond motifs is 1. The van der Waals surface area contributed by atoms with Crippen LogP contribution in [-0.2, 0) is 0 Å². The molecule has 0 radical (unpaired) electrons. The number of aromatic nitrogens is 3. The summed E-state index contributed by atoms with van der Waals surface area (Å²) in [6.45, 7) is 0. The Bertz CT molecular complexity index is 1430. The summed E-state index contributed by atoms with van der Waals surface area (Å²) in [4.78, 5) is 11.4. The minimum Gasteiger partial charge on any atom is -0.506 e. The number of thiazole rings is 1. The third-order valence-electron chi connectivity index (χ3n) is 5.81. The van der Waals surface area contributed by atoms with Crippen LogP contribution in [-0.4, -0.2) is 24.8 Å². The fourth-order valence-electron chi connectivity index (χ4n) is 4.36. The number of aromatic hydroxyl groups is 1. The summed E-state index contributed by atoms with van der Waals surface area (Å²) in [5, 5.41) is 15.5. The zero-order chi connectivity index (χ0) is 22.4. The Hall–Kier alpha value is -3.75. The van der Waals surface area contributed by atoms with E-state index < -0.39 is 0 Å². The molecule has 0 spiro atoms. The van der Waals surface area contributed by atoms with Crippen LogP contribution in [0.5, 0.6) is 5.75 Å². The lowest BCUT2D eigenvalue weighted by Gasteiger charge is -2.28. The van der Waals surface area contributed by atoms with Crippen LogP contribution in [0.3, 0.4) is 0 Å². The van der Waals surface area contributed by atoms with E-state index in [0.29, 0.717) is 10.8 Å². The second kappa shape index (κ2) is 7.99. The van der Waals surface area contributed by atoms with E-state index in [1.54, 1.807) is 29.7 Å². The highest BCUT2D eigenvalue weighted by molar-refractivity contribution is 7.80. The molecule has 0 amide bonds. The third-order valence-corrected chi connectivity index (χ3v) is 7.16. The summed E-state index contributed by atoms with van der Waals surface area (Å²) < 4.78 is 3.24. The van der Waals surface area contributed by atoms with Crippen LogP contribution in [0, 0.1) is 0 Å². The van der Waals surface area contributed by atoms with Gasteiger partial charge in [0.15, 0.2) is 10.2 Å². The minimum absolute atomic E-state index is 0.173. The van der Waals surface area contributed by atoms with Gasteiger partial charge in [0.25, 0.3) is 0 Å². The molecule has 4 heterocycles. The third kappa shape index (κ3) is 3.35. The number of phenols is 1. The van der Waals surface area contributed by atoms with Crippen LogP contribution >= 0.6 is 23.6 Å². The Morgan fingerprint density at radius 2 is 1.76 bits per heavy atom. The number of thiocarbonyl (C=S) groups is 1. The maximum absolute atomic E-state index is 10.7. The molecule has 5 aromatic rings. The van der Waals surface area contributed by atoms with Crippen LogP contribution < -0.4 is 10.2 Å². The van der Waals surface area contributed by atoms with Gasteiger partial charge in [0.05, 0.1) is 33.3 Å².